The summed E-state index contributed by atoms with van der Waals surface area (Å²) >= 11 is 0. The molecule has 130 valence electrons. The summed E-state index contributed by atoms with van der Waals surface area (Å²) in [6.07, 6.45) is 0. The van der Waals surface area contributed by atoms with Crippen molar-refractivity contribution in [1.82, 2.24) is 4.98 Å². The highest BCUT2D eigenvalue weighted by Crippen LogP contribution is 2.38. The fourth-order valence-electron chi connectivity index (χ4n) is 3.10. The molecule has 0 fully saturated rings. The number of aromatic nitrogens is 1. The maximum atomic E-state index is 13.8. The molecule has 0 aliphatic carbocycles. The molecule has 3 N–H and O–H groups in total. The summed E-state index contributed by atoms with van der Waals surface area (Å²) in [6, 6.07) is 20.6. The monoisotopic (exact) mass is 366 g/mol. The van der Waals surface area contributed by atoms with Gasteiger partial charge < -0.3 is 4.98 Å². The minimum absolute atomic E-state index is 0.0460. The largest absolute Gasteiger partial charge is 0.354 e. The smallest absolute Gasteiger partial charge is 0.238 e. The van der Waals surface area contributed by atoms with Crippen molar-refractivity contribution >= 4 is 20.9 Å². The predicted molar refractivity (Wildman–Crippen MR) is 101 cm³/mol. The molecule has 4 nitrogen and oxygen atoms in total. The number of benzene rings is 3. The molecule has 0 aliphatic heterocycles. The molecule has 0 radical (unpaired) electrons. The first-order valence-corrected chi connectivity index (χ1v) is 9.48. The minimum Gasteiger partial charge on any atom is -0.354 e. The molecule has 1 aromatic heterocycles. The van der Waals surface area contributed by atoms with Crippen LogP contribution in [0.2, 0.25) is 0 Å². The maximum Gasteiger partial charge on any atom is 0.238 e. The second-order valence-corrected chi connectivity index (χ2v) is 7.56. The number of primary sulfonamides is 1. The number of sulfonamides is 1. The van der Waals surface area contributed by atoms with Crippen LogP contribution in [0, 0.1) is 5.82 Å². The topological polar surface area (TPSA) is 76.0 Å². The van der Waals surface area contributed by atoms with E-state index in [1.54, 1.807) is 18.2 Å². The number of hydrogen-bond acceptors (Lipinski definition) is 2. The number of fused-ring (bicyclic) bond motifs is 1. The molecule has 4 aromatic rings. The average molecular weight is 366 g/mol. The van der Waals surface area contributed by atoms with Gasteiger partial charge in [0.05, 0.1) is 10.6 Å². The zero-order chi connectivity index (χ0) is 18.3. The Bertz CT molecular complexity index is 1200. The van der Waals surface area contributed by atoms with Crippen molar-refractivity contribution in [3.63, 3.8) is 0 Å². The van der Waals surface area contributed by atoms with Crippen molar-refractivity contribution < 1.29 is 12.8 Å². The van der Waals surface area contributed by atoms with Gasteiger partial charge in [0.2, 0.25) is 10.0 Å². The van der Waals surface area contributed by atoms with E-state index in [0.717, 1.165) is 33.3 Å². The van der Waals surface area contributed by atoms with Crippen molar-refractivity contribution in [1.29, 1.82) is 0 Å². The lowest BCUT2D eigenvalue weighted by atomic mass is 9.98. The van der Waals surface area contributed by atoms with Gasteiger partial charge in [-0.3, -0.25) is 0 Å². The van der Waals surface area contributed by atoms with Crippen molar-refractivity contribution in [3.8, 4) is 22.4 Å². The summed E-state index contributed by atoms with van der Waals surface area (Å²) in [6.45, 7) is 0. The minimum atomic E-state index is -3.75. The van der Waals surface area contributed by atoms with E-state index < -0.39 is 10.0 Å². The molecule has 1 heterocycles. The maximum absolute atomic E-state index is 13.8. The third-order valence-corrected chi connectivity index (χ3v) is 5.22. The van der Waals surface area contributed by atoms with Crippen LogP contribution < -0.4 is 5.14 Å². The number of rotatable bonds is 3. The van der Waals surface area contributed by atoms with Gasteiger partial charge in [0.1, 0.15) is 5.82 Å². The van der Waals surface area contributed by atoms with Crippen molar-refractivity contribution in [2.24, 2.45) is 5.14 Å². The van der Waals surface area contributed by atoms with Crippen LogP contribution in [-0.2, 0) is 10.0 Å². The fourth-order valence-corrected chi connectivity index (χ4v) is 3.61. The molecule has 4 rings (SSSR count). The molecule has 0 saturated carbocycles. The lowest BCUT2D eigenvalue weighted by Gasteiger charge is -2.07. The quantitative estimate of drug-likeness (QED) is 0.567. The number of halogens is 1. The first-order valence-electron chi connectivity index (χ1n) is 7.93. The van der Waals surface area contributed by atoms with E-state index in [-0.39, 0.29) is 10.7 Å². The molecule has 26 heavy (non-hydrogen) atoms. The SMILES string of the molecule is NS(=O)(=O)c1ccc(-c2[nH]c3ccc(F)cc3c2-c2ccccc2)cc1. The Labute approximate surface area is 150 Å². The first kappa shape index (κ1) is 16.5. The molecular formula is C20H15FN2O2S. The second-order valence-electron chi connectivity index (χ2n) is 6.00. The normalized spacial score (nSPS) is 11.8. The van der Waals surface area contributed by atoms with E-state index in [4.69, 9.17) is 5.14 Å². The van der Waals surface area contributed by atoms with Crippen LogP contribution in [0.3, 0.4) is 0 Å². The Morgan fingerprint density at radius 3 is 2.19 bits per heavy atom. The summed E-state index contributed by atoms with van der Waals surface area (Å²) in [5, 5.41) is 5.93. The highest BCUT2D eigenvalue weighted by molar-refractivity contribution is 7.89. The molecule has 0 spiro atoms. The molecule has 0 atom stereocenters. The van der Waals surface area contributed by atoms with Gasteiger partial charge >= 0.3 is 0 Å². The standard InChI is InChI=1S/C20H15FN2O2S/c21-15-8-11-18-17(12-15)19(13-4-2-1-3-5-13)20(23-18)14-6-9-16(10-7-14)26(22,24)25/h1-12,23H,(H2,22,24,25). The van der Waals surface area contributed by atoms with Crippen LogP contribution in [0.25, 0.3) is 33.3 Å². The summed E-state index contributed by atoms with van der Waals surface area (Å²) in [7, 11) is -3.75. The molecule has 0 bridgehead atoms. The Morgan fingerprint density at radius 2 is 1.54 bits per heavy atom. The second kappa shape index (κ2) is 6.09. The van der Waals surface area contributed by atoms with E-state index in [1.807, 2.05) is 30.3 Å². The van der Waals surface area contributed by atoms with Gasteiger partial charge in [-0.05, 0) is 41.5 Å². The van der Waals surface area contributed by atoms with Crippen LogP contribution in [-0.4, -0.2) is 13.4 Å². The van der Waals surface area contributed by atoms with Crippen LogP contribution >= 0.6 is 0 Å². The van der Waals surface area contributed by atoms with Crippen LogP contribution in [0.15, 0.2) is 77.7 Å². The molecule has 0 aliphatic rings. The number of hydrogen-bond donors (Lipinski definition) is 2. The summed E-state index contributed by atoms with van der Waals surface area (Å²) < 4.78 is 36.8. The van der Waals surface area contributed by atoms with Gasteiger partial charge in [-0.1, -0.05) is 42.5 Å². The Balaban J connectivity index is 1.98. The van der Waals surface area contributed by atoms with E-state index in [0.29, 0.717) is 0 Å². The third kappa shape index (κ3) is 2.89. The van der Waals surface area contributed by atoms with Gasteiger partial charge in [0.15, 0.2) is 0 Å². The molecule has 0 amide bonds. The molecule has 0 unspecified atom stereocenters. The highest BCUT2D eigenvalue weighted by Gasteiger charge is 2.16. The zero-order valence-electron chi connectivity index (χ0n) is 13.6. The summed E-state index contributed by atoms with van der Waals surface area (Å²) in [5.74, 6) is -0.315. The Morgan fingerprint density at radius 1 is 0.846 bits per heavy atom. The van der Waals surface area contributed by atoms with Crippen LogP contribution in [0.1, 0.15) is 0 Å². The van der Waals surface area contributed by atoms with Crippen molar-refractivity contribution in [3.05, 3.63) is 78.6 Å². The van der Waals surface area contributed by atoms with Gasteiger partial charge in [-0.15, -0.1) is 0 Å². The average Bonchev–Trinajstić information content (AvgIpc) is 3.00. The number of aromatic amines is 1. The Hall–Kier alpha value is -2.96. The fraction of sp³-hybridized carbons (Fsp3) is 0. The highest BCUT2D eigenvalue weighted by atomic mass is 32.2. The molecule has 6 heteroatoms. The van der Waals surface area contributed by atoms with E-state index in [1.165, 1.54) is 24.3 Å². The Kier molecular flexibility index (Phi) is 3.86. The van der Waals surface area contributed by atoms with Gasteiger partial charge in [-0.25, -0.2) is 17.9 Å². The van der Waals surface area contributed by atoms with E-state index >= 15 is 0 Å². The molecule has 0 saturated heterocycles. The van der Waals surface area contributed by atoms with E-state index in [2.05, 4.69) is 4.98 Å². The van der Waals surface area contributed by atoms with Gasteiger partial charge in [-0.2, -0.15) is 0 Å². The zero-order valence-corrected chi connectivity index (χ0v) is 14.4. The molecule has 3 aromatic carbocycles. The van der Waals surface area contributed by atoms with E-state index in [9.17, 15) is 12.8 Å². The molecular weight excluding hydrogens is 351 g/mol. The van der Waals surface area contributed by atoms with Crippen molar-refractivity contribution in [2.45, 2.75) is 4.90 Å². The van der Waals surface area contributed by atoms with Crippen molar-refractivity contribution in [2.75, 3.05) is 0 Å². The van der Waals surface area contributed by atoms with Gasteiger partial charge in [0.25, 0.3) is 0 Å². The predicted octanol–water partition coefficient (Wildman–Crippen LogP) is 4.29. The lowest BCUT2D eigenvalue weighted by molar-refractivity contribution is 0.598. The van der Waals surface area contributed by atoms with Crippen LogP contribution in [0.5, 0.6) is 0 Å². The van der Waals surface area contributed by atoms with Crippen LogP contribution in [0.4, 0.5) is 4.39 Å². The summed E-state index contributed by atoms with van der Waals surface area (Å²) in [4.78, 5) is 3.36. The number of nitrogens with two attached hydrogens (primary N) is 1. The first-order chi connectivity index (χ1) is 12.4. The number of H-pyrrole nitrogens is 1. The number of nitrogens with one attached hydrogen (secondary N) is 1. The third-order valence-electron chi connectivity index (χ3n) is 4.29. The lowest BCUT2D eigenvalue weighted by Crippen LogP contribution is -2.11. The summed E-state index contributed by atoms with van der Waals surface area (Å²) in [5.41, 5.74) is 4.18. The van der Waals surface area contributed by atoms with Gasteiger partial charge in [0, 0.05) is 16.5 Å².